The Morgan fingerprint density at radius 3 is 2.78 bits per heavy atom. The molecule has 2 N–H and O–H groups in total. The number of carbonyl (C=O) groups excluding carboxylic acids is 1. The zero-order valence-corrected chi connectivity index (χ0v) is 16.1. The lowest BCUT2D eigenvalue weighted by Crippen LogP contribution is -2.56. The van der Waals surface area contributed by atoms with E-state index in [-0.39, 0.29) is 0 Å². The molecule has 27 heavy (non-hydrogen) atoms. The molecule has 3 heterocycles. The molecule has 4 rings (SSSR count). The van der Waals surface area contributed by atoms with Crippen molar-refractivity contribution in [1.82, 2.24) is 9.88 Å². The molecule has 2 saturated heterocycles. The maximum absolute atomic E-state index is 11.7. The van der Waals surface area contributed by atoms with Gasteiger partial charge in [-0.15, -0.1) is 0 Å². The second kappa shape index (κ2) is 7.48. The highest BCUT2D eigenvalue weighted by atomic mass is 16.5. The van der Waals surface area contributed by atoms with Crippen molar-refractivity contribution in [1.29, 1.82) is 0 Å². The van der Waals surface area contributed by atoms with Crippen molar-refractivity contribution in [3.05, 3.63) is 23.8 Å². The molecule has 0 saturated carbocycles. The second-order valence-electron chi connectivity index (χ2n) is 7.73. The molecule has 2 aliphatic heterocycles. The number of nitrogens with two attached hydrogens (primary N) is 1. The Morgan fingerprint density at radius 1 is 1.37 bits per heavy atom. The highest BCUT2D eigenvalue weighted by Gasteiger charge is 2.39. The van der Waals surface area contributed by atoms with Crippen molar-refractivity contribution in [2.75, 3.05) is 32.2 Å². The Kier molecular flexibility index (Phi) is 5.06. The predicted molar refractivity (Wildman–Crippen MR) is 104 cm³/mol. The van der Waals surface area contributed by atoms with Crippen molar-refractivity contribution in [3.8, 4) is 0 Å². The molecule has 0 radical (unpaired) electrons. The van der Waals surface area contributed by atoms with Gasteiger partial charge in [-0.2, -0.15) is 4.98 Å². The van der Waals surface area contributed by atoms with Gasteiger partial charge >= 0.3 is 0 Å². The molecule has 1 amide bonds. The van der Waals surface area contributed by atoms with Crippen LogP contribution in [-0.2, 0) is 4.74 Å². The lowest BCUT2D eigenvalue weighted by molar-refractivity contribution is 0.0528. The van der Waals surface area contributed by atoms with Gasteiger partial charge in [0.2, 0.25) is 0 Å². The van der Waals surface area contributed by atoms with E-state index in [1.54, 1.807) is 19.2 Å². The SMILES string of the molecule is COCCN(c1nc2c(C(N)=O)cccc2o1)C1CC2CCCC(C1)N2C. The molecule has 1 aromatic carbocycles. The third-order valence-electron chi connectivity index (χ3n) is 6.21. The molecule has 7 nitrogen and oxygen atoms in total. The number of aromatic nitrogens is 1. The number of para-hydroxylation sites is 1. The Labute approximate surface area is 159 Å². The summed E-state index contributed by atoms with van der Waals surface area (Å²) in [6, 6.07) is 7.43. The van der Waals surface area contributed by atoms with Crippen LogP contribution in [-0.4, -0.2) is 61.2 Å². The van der Waals surface area contributed by atoms with Gasteiger partial charge < -0.3 is 24.7 Å². The third-order valence-corrected chi connectivity index (χ3v) is 6.21. The fraction of sp³-hybridized carbons (Fsp3) is 0.600. The normalized spacial score (nSPS) is 25.6. The number of anilines is 1. The molecular formula is C20H28N4O3. The van der Waals surface area contributed by atoms with E-state index in [9.17, 15) is 4.79 Å². The van der Waals surface area contributed by atoms with E-state index in [1.165, 1.54) is 19.3 Å². The monoisotopic (exact) mass is 372 g/mol. The Hall–Kier alpha value is -2.12. The highest BCUT2D eigenvalue weighted by Crippen LogP contribution is 2.37. The Morgan fingerprint density at radius 2 is 2.11 bits per heavy atom. The molecule has 0 aliphatic carbocycles. The van der Waals surface area contributed by atoms with Crippen LogP contribution in [0, 0.1) is 0 Å². The number of piperidine rings is 2. The van der Waals surface area contributed by atoms with Crippen molar-refractivity contribution < 1.29 is 13.9 Å². The van der Waals surface area contributed by atoms with Gasteiger partial charge in [0.05, 0.1) is 12.2 Å². The van der Waals surface area contributed by atoms with Gasteiger partial charge in [-0.25, -0.2) is 0 Å². The second-order valence-corrected chi connectivity index (χ2v) is 7.73. The number of benzene rings is 1. The molecule has 7 heteroatoms. The zero-order valence-electron chi connectivity index (χ0n) is 16.1. The lowest BCUT2D eigenvalue weighted by Gasteiger charge is -2.49. The van der Waals surface area contributed by atoms with Crippen LogP contribution >= 0.6 is 0 Å². The van der Waals surface area contributed by atoms with Gasteiger partial charge in [0.15, 0.2) is 5.58 Å². The number of carbonyl (C=O) groups is 1. The zero-order chi connectivity index (χ0) is 19.0. The topological polar surface area (TPSA) is 84.8 Å². The van der Waals surface area contributed by atoms with Gasteiger partial charge in [-0.05, 0) is 44.9 Å². The summed E-state index contributed by atoms with van der Waals surface area (Å²) >= 11 is 0. The molecule has 2 aliphatic rings. The van der Waals surface area contributed by atoms with Crippen LogP contribution in [0.1, 0.15) is 42.5 Å². The number of nitrogens with zero attached hydrogens (tertiary/aromatic N) is 3. The van der Waals surface area contributed by atoms with Crippen LogP contribution < -0.4 is 10.6 Å². The standard InChI is InChI=1S/C20H28N4O3/c1-23-13-5-3-6-14(23)12-15(11-13)24(9-10-26-2)20-22-18-16(19(21)25)7-4-8-17(18)27-20/h4,7-8,13-15H,3,5-6,9-12H2,1-2H3,(H2,21,25). The van der Waals surface area contributed by atoms with Crippen molar-refractivity contribution in [2.45, 2.75) is 50.2 Å². The average Bonchev–Trinajstić information content (AvgIpc) is 3.06. The Bertz CT molecular complexity index is 807. The fourth-order valence-corrected chi connectivity index (χ4v) is 4.72. The quantitative estimate of drug-likeness (QED) is 0.838. The first-order valence-corrected chi connectivity index (χ1v) is 9.75. The first kappa shape index (κ1) is 18.3. The lowest BCUT2D eigenvalue weighted by atomic mass is 9.82. The number of methoxy groups -OCH3 is 1. The minimum absolute atomic E-state index is 0.358. The van der Waals surface area contributed by atoms with Gasteiger partial charge in [0.25, 0.3) is 11.9 Å². The summed E-state index contributed by atoms with van der Waals surface area (Å²) in [7, 11) is 3.96. The van der Waals surface area contributed by atoms with Crippen LogP contribution in [0.4, 0.5) is 6.01 Å². The molecule has 2 unspecified atom stereocenters. The maximum atomic E-state index is 11.7. The molecule has 146 valence electrons. The smallest absolute Gasteiger partial charge is 0.298 e. The maximum Gasteiger partial charge on any atom is 0.298 e. The van der Waals surface area contributed by atoms with E-state index in [0.29, 0.717) is 54.0 Å². The number of hydrogen-bond acceptors (Lipinski definition) is 6. The van der Waals surface area contributed by atoms with Crippen molar-refractivity contribution in [3.63, 3.8) is 0 Å². The van der Waals surface area contributed by atoms with Crippen LogP contribution in [0.5, 0.6) is 0 Å². The molecule has 2 atom stereocenters. The fourth-order valence-electron chi connectivity index (χ4n) is 4.72. The number of oxazole rings is 1. The summed E-state index contributed by atoms with van der Waals surface area (Å²) in [5.74, 6) is -0.488. The summed E-state index contributed by atoms with van der Waals surface area (Å²) in [6.45, 7) is 1.31. The molecule has 2 fully saturated rings. The average molecular weight is 372 g/mol. The van der Waals surface area contributed by atoms with Crippen LogP contribution in [0.2, 0.25) is 0 Å². The van der Waals surface area contributed by atoms with Gasteiger partial charge in [0.1, 0.15) is 5.52 Å². The van der Waals surface area contributed by atoms with Crippen molar-refractivity contribution >= 4 is 23.0 Å². The van der Waals surface area contributed by atoms with Crippen LogP contribution in [0.3, 0.4) is 0 Å². The van der Waals surface area contributed by atoms with E-state index < -0.39 is 5.91 Å². The molecule has 0 spiro atoms. The van der Waals surface area contributed by atoms with E-state index >= 15 is 0 Å². The van der Waals surface area contributed by atoms with Crippen LogP contribution in [0.25, 0.3) is 11.1 Å². The van der Waals surface area contributed by atoms with Crippen molar-refractivity contribution in [2.24, 2.45) is 5.73 Å². The summed E-state index contributed by atoms with van der Waals surface area (Å²) in [5, 5.41) is 0. The summed E-state index contributed by atoms with van der Waals surface area (Å²) in [4.78, 5) is 21.2. The molecule has 2 bridgehead atoms. The van der Waals surface area contributed by atoms with Gasteiger partial charge in [0, 0.05) is 31.8 Å². The third kappa shape index (κ3) is 3.41. The summed E-state index contributed by atoms with van der Waals surface area (Å²) in [6.07, 6.45) is 6.01. The van der Waals surface area contributed by atoms with E-state index in [4.69, 9.17) is 14.9 Å². The minimum atomic E-state index is -0.488. The highest BCUT2D eigenvalue weighted by molar-refractivity contribution is 6.03. The number of primary amides is 1. The minimum Gasteiger partial charge on any atom is -0.423 e. The van der Waals surface area contributed by atoms with Gasteiger partial charge in [-0.3, -0.25) is 4.79 Å². The molecule has 1 aromatic heterocycles. The first-order chi connectivity index (χ1) is 13.1. The number of fused-ring (bicyclic) bond motifs is 3. The molecular weight excluding hydrogens is 344 g/mol. The van der Waals surface area contributed by atoms with E-state index in [1.807, 2.05) is 6.07 Å². The van der Waals surface area contributed by atoms with E-state index in [0.717, 1.165) is 12.8 Å². The summed E-state index contributed by atoms with van der Waals surface area (Å²) in [5.41, 5.74) is 7.04. The number of ether oxygens (including phenoxy) is 1. The molecule has 2 aromatic rings. The van der Waals surface area contributed by atoms with Crippen LogP contribution in [0.15, 0.2) is 22.6 Å². The number of amides is 1. The number of hydrogen-bond donors (Lipinski definition) is 1. The van der Waals surface area contributed by atoms with Gasteiger partial charge in [-0.1, -0.05) is 12.5 Å². The largest absolute Gasteiger partial charge is 0.423 e. The number of rotatable bonds is 6. The first-order valence-electron chi connectivity index (χ1n) is 9.75. The Balaban J connectivity index is 1.67. The summed E-state index contributed by atoms with van der Waals surface area (Å²) < 4.78 is 11.4. The van der Waals surface area contributed by atoms with E-state index in [2.05, 4.69) is 21.8 Å². The predicted octanol–water partition coefficient (Wildman–Crippen LogP) is 2.39.